The molecule has 0 spiro atoms. The fourth-order valence-electron chi connectivity index (χ4n) is 2.12. The number of carbonyl (C=O) groups excluding carboxylic acids is 1. The van der Waals surface area contributed by atoms with Crippen LogP contribution in [0.15, 0.2) is 0 Å². The van der Waals surface area contributed by atoms with Gasteiger partial charge in [-0.2, -0.15) is 0 Å². The van der Waals surface area contributed by atoms with Crippen molar-refractivity contribution in [3.8, 4) is 0 Å². The van der Waals surface area contributed by atoms with E-state index in [0.29, 0.717) is 17.9 Å². The number of hydrogen-bond donors (Lipinski definition) is 0. The fraction of sp³-hybridized carbons (Fsp3) is 0.917. The van der Waals surface area contributed by atoms with Crippen molar-refractivity contribution < 1.29 is 4.79 Å². The summed E-state index contributed by atoms with van der Waals surface area (Å²) in [6.45, 7) is 9.53. The monoisotopic (exact) mass is 197 g/mol. The largest absolute Gasteiger partial charge is 0.340 e. The molecule has 2 nitrogen and oxygen atoms in total. The number of hydrogen-bond acceptors (Lipinski definition) is 1. The van der Waals surface area contributed by atoms with E-state index in [4.69, 9.17) is 0 Å². The van der Waals surface area contributed by atoms with Crippen molar-refractivity contribution in [3.05, 3.63) is 0 Å². The highest BCUT2D eigenvalue weighted by Crippen LogP contribution is 2.23. The number of likely N-dealkylation sites (tertiary alicyclic amines) is 1. The van der Waals surface area contributed by atoms with Gasteiger partial charge in [0.2, 0.25) is 5.91 Å². The second kappa shape index (κ2) is 4.81. The first-order valence-electron chi connectivity index (χ1n) is 5.88. The van der Waals surface area contributed by atoms with E-state index in [9.17, 15) is 4.79 Å². The summed E-state index contributed by atoms with van der Waals surface area (Å²) in [5, 5.41) is 0. The average molecular weight is 197 g/mol. The van der Waals surface area contributed by atoms with E-state index in [1.807, 2.05) is 0 Å². The molecule has 0 bridgehead atoms. The fourth-order valence-corrected chi connectivity index (χ4v) is 2.12. The predicted molar refractivity (Wildman–Crippen MR) is 59.0 cm³/mol. The van der Waals surface area contributed by atoms with Crippen molar-refractivity contribution in [2.24, 2.45) is 11.8 Å². The van der Waals surface area contributed by atoms with Crippen molar-refractivity contribution in [2.75, 3.05) is 6.54 Å². The van der Waals surface area contributed by atoms with E-state index >= 15 is 0 Å². The van der Waals surface area contributed by atoms with Crippen molar-refractivity contribution in [1.29, 1.82) is 0 Å². The standard InChI is InChI=1S/C12H23NO/c1-5-9(2)11(4)12(14)13-8-6-7-10(13)3/h9-11H,5-8H2,1-4H3. The highest BCUT2D eigenvalue weighted by molar-refractivity contribution is 5.79. The quantitative estimate of drug-likeness (QED) is 0.681. The van der Waals surface area contributed by atoms with Crippen LogP contribution in [0, 0.1) is 11.8 Å². The number of rotatable bonds is 3. The van der Waals surface area contributed by atoms with Crippen molar-refractivity contribution in [1.82, 2.24) is 4.90 Å². The minimum Gasteiger partial charge on any atom is -0.340 e. The normalized spacial score (nSPS) is 26.3. The van der Waals surface area contributed by atoms with E-state index < -0.39 is 0 Å². The van der Waals surface area contributed by atoms with Gasteiger partial charge < -0.3 is 4.90 Å². The third-order valence-corrected chi connectivity index (χ3v) is 3.72. The van der Waals surface area contributed by atoms with Gasteiger partial charge in [0, 0.05) is 18.5 Å². The molecule has 1 aliphatic heterocycles. The first-order valence-corrected chi connectivity index (χ1v) is 5.88. The Bertz CT molecular complexity index is 202. The van der Waals surface area contributed by atoms with Crippen LogP contribution in [0.4, 0.5) is 0 Å². The zero-order chi connectivity index (χ0) is 10.7. The Morgan fingerprint density at radius 1 is 1.50 bits per heavy atom. The molecule has 82 valence electrons. The molecule has 1 fully saturated rings. The second-order valence-electron chi connectivity index (χ2n) is 4.70. The predicted octanol–water partition coefficient (Wildman–Crippen LogP) is 2.68. The van der Waals surface area contributed by atoms with E-state index in [1.54, 1.807) is 0 Å². The lowest BCUT2D eigenvalue weighted by atomic mass is 9.92. The maximum Gasteiger partial charge on any atom is 0.225 e. The summed E-state index contributed by atoms with van der Waals surface area (Å²) >= 11 is 0. The minimum absolute atomic E-state index is 0.195. The van der Waals surface area contributed by atoms with Gasteiger partial charge in [-0.3, -0.25) is 4.79 Å². The topological polar surface area (TPSA) is 20.3 Å². The lowest BCUT2D eigenvalue weighted by molar-refractivity contribution is -0.137. The van der Waals surface area contributed by atoms with Gasteiger partial charge in [-0.1, -0.05) is 27.2 Å². The van der Waals surface area contributed by atoms with Gasteiger partial charge in [0.05, 0.1) is 0 Å². The van der Waals surface area contributed by atoms with Crippen LogP contribution in [0.25, 0.3) is 0 Å². The van der Waals surface area contributed by atoms with Crippen LogP contribution in [0.2, 0.25) is 0 Å². The van der Waals surface area contributed by atoms with Crippen LogP contribution in [0.1, 0.15) is 47.0 Å². The first kappa shape index (κ1) is 11.5. The number of nitrogens with zero attached hydrogens (tertiary/aromatic N) is 1. The van der Waals surface area contributed by atoms with Crippen LogP contribution in [-0.4, -0.2) is 23.4 Å². The van der Waals surface area contributed by atoms with Gasteiger partial charge in [0.1, 0.15) is 0 Å². The molecule has 3 unspecified atom stereocenters. The molecule has 0 aromatic heterocycles. The molecule has 1 rings (SSSR count). The molecule has 1 heterocycles. The molecule has 3 atom stereocenters. The molecule has 1 saturated heterocycles. The van der Waals surface area contributed by atoms with Crippen LogP contribution in [0.3, 0.4) is 0 Å². The number of carbonyl (C=O) groups is 1. The molecular weight excluding hydrogens is 174 g/mol. The Balaban J connectivity index is 2.55. The lowest BCUT2D eigenvalue weighted by Crippen LogP contribution is -2.39. The summed E-state index contributed by atoms with van der Waals surface area (Å²) < 4.78 is 0. The molecule has 0 aliphatic carbocycles. The zero-order valence-electron chi connectivity index (χ0n) is 9.92. The SMILES string of the molecule is CCC(C)C(C)C(=O)N1CCCC1C. The van der Waals surface area contributed by atoms with Crippen molar-refractivity contribution >= 4 is 5.91 Å². The Morgan fingerprint density at radius 2 is 2.14 bits per heavy atom. The Morgan fingerprint density at radius 3 is 2.57 bits per heavy atom. The molecule has 0 aromatic carbocycles. The average Bonchev–Trinajstić information content (AvgIpc) is 2.61. The van der Waals surface area contributed by atoms with Gasteiger partial charge in [-0.15, -0.1) is 0 Å². The summed E-state index contributed by atoms with van der Waals surface area (Å²) in [4.78, 5) is 14.1. The van der Waals surface area contributed by atoms with Gasteiger partial charge in [-0.25, -0.2) is 0 Å². The maximum absolute atomic E-state index is 12.1. The second-order valence-corrected chi connectivity index (χ2v) is 4.70. The molecular formula is C12H23NO. The van der Waals surface area contributed by atoms with Crippen molar-refractivity contribution in [2.45, 2.75) is 53.0 Å². The molecule has 1 amide bonds. The molecule has 0 radical (unpaired) electrons. The summed E-state index contributed by atoms with van der Waals surface area (Å²) in [5.74, 6) is 1.07. The third kappa shape index (κ3) is 2.28. The summed E-state index contributed by atoms with van der Waals surface area (Å²) in [5.41, 5.74) is 0. The smallest absolute Gasteiger partial charge is 0.225 e. The third-order valence-electron chi connectivity index (χ3n) is 3.72. The first-order chi connectivity index (χ1) is 6.57. The van der Waals surface area contributed by atoms with E-state index in [0.717, 1.165) is 13.0 Å². The van der Waals surface area contributed by atoms with E-state index in [2.05, 4.69) is 32.6 Å². The van der Waals surface area contributed by atoms with Gasteiger partial charge in [0.25, 0.3) is 0 Å². The molecule has 0 aromatic rings. The van der Waals surface area contributed by atoms with E-state index in [-0.39, 0.29) is 5.92 Å². The van der Waals surface area contributed by atoms with Gasteiger partial charge >= 0.3 is 0 Å². The highest BCUT2D eigenvalue weighted by atomic mass is 16.2. The molecule has 0 N–H and O–H groups in total. The Kier molecular flexibility index (Phi) is 3.97. The molecule has 2 heteroatoms. The summed E-state index contributed by atoms with van der Waals surface area (Å²) in [7, 11) is 0. The van der Waals surface area contributed by atoms with E-state index in [1.165, 1.54) is 12.8 Å². The van der Waals surface area contributed by atoms with Gasteiger partial charge in [0.15, 0.2) is 0 Å². The minimum atomic E-state index is 0.195. The maximum atomic E-state index is 12.1. The van der Waals surface area contributed by atoms with Gasteiger partial charge in [-0.05, 0) is 25.7 Å². The lowest BCUT2D eigenvalue weighted by Gasteiger charge is -2.27. The molecule has 1 aliphatic rings. The Hall–Kier alpha value is -0.530. The van der Waals surface area contributed by atoms with Crippen LogP contribution >= 0.6 is 0 Å². The zero-order valence-corrected chi connectivity index (χ0v) is 9.92. The van der Waals surface area contributed by atoms with Crippen LogP contribution < -0.4 is 0 Å². The number of amides is 1. The van der Waals surface area contributed by atoms with Crippen LogP contribution in [-0.2, 0) is 4.79 Å². The highest BCUT2D eigenvalue weighted by Gasteiger charge is 2.30. The van der Waals surface area contributed by atoms with Crippen molar-refractivity contribution in [3.63, 3.8) is 0 Å². The Labute approximate surface area is 87.7 Å². The summed E-state index contributed by atoms with van der Waals surface area (Å²) in [6.07, 6.45) is 3.45. The van der Waals surface area contributed by atoms with Crippen LogP contribution in [0.5, 0.6) is 0 Å². The molecule has 14 heavy (non-hydrogen) atoms. The summed E-state index contributed by atoms with van der Waals surface area (Å²) in [6, 6.07) is 0.467. The molecule has 0 saturated carbocycles.